The molecule has 8 heteroatoms. The number of benzene rings is 2. The van der Waals surface area contributed by atoms with E-state index in [1.165, 1.54) is 9.80 Å². The molecule has 1 saturated heterocycles. The predicted octanol–water partition coefficient (Wildman–Crippen LogP) is 0.246. The molecule has 1 aliphatic rings. The van der Waals surface area contributed by atoms with E-state index in [0.29, 0.717) is 23.3 Å². The highest BCUT2D eigenvalue weighted by atomic mass is 16.5. The van der Waals surface area contributed by atoms with Crippen LogP contribution in [0.5, 0.6) is 17.2 Å². The number of nitrogens with zero attached hydrogens (tertiary/aromatic N) is 2. The molecule has 0 unspecified atom stereocenters. The van der Waals surface area contributed by atoms with Crippen LogP contribution in [-0.2, 0) is 13.1 Å². The second-order valence-electron chi connectivity index (χ2n) is 7.71. The molecule has 31 heavy (non-hydrogen) atoms. The summed E-state index contributed by atoms with van der Waals surface area (Å²) in [5.41, 5.74) is 2.08. The molecular weight excluding hydrogens is 396 g/mol. The lowest BCUT2D eigenvalue weighted by Crippen LogP contribution is -3.27. The average Bonchev–Trinajstić information content (AvgIpc) is 3.29. The highest BCUT2D eigenvalue weighted by molar-refractivity contribution is 5.55. The first-order valence-electron chi connectivity index (χ1n) is 10.5. The number of hydrogen-bond donors (Lipinski definition) is 2. The zero-order chi connectivity index (χ0) is 21.6. The molecule has 3 aromatic rings. The monoisotopic (exact) mass is 426 g/mol. The Morgan fingerprint density at radius 3 is 2.10 bits per heavy atom. The summed E-state index contributed by atoms with van der Waals surface area (Å²) in [7, 11) is 4.95. The molecule has 0 radical (unpaired) electrons. The topological polar surface area (TPSA) is 75.5 Å². The van der Waals surface area contributed by atoms with Gasteiger partial charge in [-0.05, 0) is 24.3 Å². The molecule has 2 N–H and O–H groups in total. The molecule has 2 aromatic carbocycles. The summed E-state index contributed by atoms with van der Waals surface area (Å²) in [6.07, 6.45) is 0. The summed E-state index contributed by atoms with van der Waals surface area (Å²) in [6, 6.07) is 13.9. The van der Waals surface area contributed by atoms with Gasteiger partial charge in [0.25, 0.3) is 5.89 Å². The molecule has 2 heterocycles. The summed E-state index contributed by atoms with van der Waals surface area (Å²) in [6.45, 7) is 5.86. The minimum absolute atomic E-state index is 0.583. The fraction of sp³-hybridized carbons (Fsp3) is 0.391. The molecule has 8 nitrogen and oxygen atoms in total. The molecule has 0 aliphatic carbocycles. The third-order valence-corrected chi connectivity index (χ3v) is 5.78. The predicted molar refractivity (Wildman–Crippen MR) is 115 cm³/mol. The Morgan fingerprint density at radius 2 is 1.45 bits per heavy atom. The van der Waals surface area contributed by atoms with Crippen LogP contribution in [0.1, 0.15) is 11.5 Å². The van der Waals surface area contributed by atoms with Gasteiger partial charge in [0.05, 0.1) is 26.9 Å². The third kappa shape index (κ3) is 4.81. The van der Waals surface area contributed by atoms with Crippen LogP contribution in [-0.4, -0.2) is 57.7 Å². The summed E-state index contributed by atoms with van der Waals surface area (Å²) < 4.78 is 22.4. The number of rotatable bonds is 8. The van der Waals surface area contributed by atoms with E-state index >= 15 is 0 Å². The van der Waals surface area contributed by atoms with Gasteiger partial charge in [0, 0.05) is 5.56 Å². The molecule has 0 spiro atoms. The Morgan fingerprint density at radius 1 is 0.774 bits per heavy atom. The van der Waals surface area contributed by atoms with Crippen molar-refractivity contribution in [1.29, 1.82) is 0 Å². The number of hydrogen-bond acceptors (Lipinski definition) is 6. The van der Waals surface area contributed by atoms with Crippen molar-refractivity contribution < 1.29 is 28.4 Å². The number of quaternary nitrogens is 2. The molecule has 1 fully saturated rings. The van der Waals surface area contributed by atoms with Crippen LogP contribution in [0.4, 0.5) is 0 Å². The number of methoxy groups -OCH3 is 3. The normalized spacial score (nSPS) is 18.5. The van der Waals surface area contributed by atoms with E-state index in [1.807, 2.05) is 36.4 Å². The number of ether oxygens (including phenoxy) is 3. The molecule has 164 valence electrons. The molecule has 0 atom stereocenters. The fourth-order valence-corrected chi connectivity index (χ4v) is 4.12. The van der Waals surface area contributed by atoms with Crippen molar-refractivity contribution in [2.24, 2.45) is 0 Å². The molecule has 0 amide bonds. The van der Waals surface area contributed by atoms with Crippen molar-refractivity contribution in [2.75, 3.05) is 47.5 Å². The van der Waals surface area contributed by atoms with Gasteiger partial charge >= 0.3 is 0 Å². The van der Waals surface area contributed by atoms with E-state index in [9.17, 15) is 0 Å². The van der Waals surface area contributed by atoms with Crippen LogP contribution < -0.4 is 24.0 Å². The Balaban J connectivity index is 1.34. The molecule has 1 aromatic heterocycles. The summed E-state index contributed by atoms with van der Waals surface area (Å²) in [5.74, 6) is 3.36. The summed E-state index contributed by atoms with van der Waals surface area (Å²) >= 11 is 0. The SMILES string of the molecule is COc1ccc(C[NH+]2CC[NH+](Cc3nnc(-c4ccccc4)o3)CC2)c(OC)c1OC. The zero-order valence-electron chi connectivity index (χ0n) is 18.3. The van der Waals surface area contributed by atoms with Gasteiger partial charge < -0.3 is 28.4 Å². The lowest BCUT2D eigenvalue weighted by molar-refractivity contribution is -1.02. The minimum Gasteiger partial charge on any atom is -0.493 e. The van der Waals surface area contributed by atoms with Crippen molar-refractivity contribution >= 4 is 0 Å². The van der Waals surface area contributed by atoms with Crippen LogP contribution >= 0.6 is 0 Å². The standard InChI is InChI=1S/C23H28N4O4/c1-28-19-10-9-18(21(29-2)22(19)30-3)15-26-11-13-27(14-12-26)16-20-24-25-23(31-20)17-7-5-4-6-8-17/h4-10H,11-16H2,1-3H3/p+2. The Bertz CT molecular complexity index is 984. The second kappa shape index (κ2) is 9.80. The Hall–Kier alpha value is -3.10. The maximum atomic E-state index is 5.88. The maximum Gasteiger partial charge on any atom is 0.271 e. The number of aromatic nitrogens is 2. The van der Waals surface area contributed by atoms with Gasteiger partial charge in [-0.15, -0.1) is 10.2 Å². The van der Waals surface area contributed by atoms with E-state index in [0.717, 1.165) is 56.1 Å². The van der Waals surface area contributed by atoms with Gasteiger partial charge in [0.2, 0.25) is 11.6 Å². The van der Waals surface area contributed by atoms with Crippen molar-refractivity contribution in [3.8, 4) is 28.7 Å². The van der Waals surface area contributed by atoms with Gasteiger partial charge in [-0.3, -0.25) is 0 Å². The second-order valence-corrected chi connectivity index (χ2v) is 7.71. The molecule has 4 rings (SSSR count). The summed E-state index contributed by atoms with van der Waals surface area (Å²) in [5, 5.41) is 8.45. The van der Waals surface area contributed by atoms with E-state index in [2.05, 4.69) is 16.3 Å². The van der Waals surface area contributed by atoms with Gasteiger partial charge in [0.1, 0.15) is 32.7 Å². The van der Waals surface area contributed by atoms with Crippen LogP contribution in [0.2, 0.25) is 0 Å². The van der Waals surface area contributed by atoms with Crippen molar-refractivity contribution in [2.45, 2.75) is 13.1 Å². The van der Waals surface area contributed by atoms with Crippen LogP contribution in [0.3, 0.4) is 0 Å². The fourth-order valence-electron chi connectivity index (χ4n) is 4.12. The first kappa shape index (κ1) is 21.1. The first-order valence-corrected chi connectivity index (χ1v) is 10.5. The zero-order valence-corrected chi connectivity index (χ0v) is 18.3. The van der Waals surface area contributed by atoms with E-state index in [4.69, 9.17) is 18.6 Å². The first-order chi connectivity index (χ1) is 15.2. The van der Waals surface area contributed by atoms with Crippen molar-refractivity contribution in [1.82, 2.24) is 10.2 Å². The molecule has 0 saturated carbocycles. The van der Waals surface area contributed by atoms with E-state index < -0.39 is 0 Å². The third-order valence-electron chi connectivity index (χ3n) is 5.78. The van der Waals surface area contributed by atoms with Crippen LogP contribution in [0.25, 0.3) is 11.5 Å². The quantitative estimate of drug-likeness (QED) is 0.538. The van der Waals surface area contributed by atoms with Gasteiger partial charge in [-0.1, -0.05) is 18.2 Å². The van der Waals surface area contributed by atoms with Gasteiger partial charge in [-0.2, -0.15) is 0 Å². The van der Waals surface area contributed by atoms with Gasteiger partial charge in [0.15, 0.2) is 18.0 Å². The van der Waals surface area contributed by atoms with Crippen LogP contribution in [0, 0.1) is 0 Å². The lowest BCUT2D eigenvalue weighted by atomic mass is 10.1. The smallest absolute Gasteiger partial charge is 0.271 e. The molecule has 1 aliphatic heterocycles. The maximum absolute atomic E-state index is 5.88. The van der Waals surface area contributed by atoms with Crippen molar-refractivity contribution in [3.05, 3.63) is 53.9 Å². The Labute approximate surface area is 182 Å². The minimum atomic E-state index is 0.583. The van der Waals surface area contributed by atoms with Crippen molar-refractivity contribution in [3.63, 3.8) is 0 Å². The molecule has 0 bridgehead atoms. The number of piperazine rings is 1. The van der Waals surface area contributed by atoms with E-state index in [-0.39, 0.29) is 0 Å². The van der Waals surface area contributed by atoms with E-state index in [1.54, 1.807) is 21.3 Å². The lowest BCUT2D eigenvalue weighted by Gasteiger charge is -2.29. The largest absolute Gasteiger partial charge is 0.493 e. The van der Waals surface area contributed by atoms with Gasteiger partial charge in [-0.25, -0.2) is 0 Å². The average molecular weight is 427 g/mol. The molecular formula is C23H30N4O4+2. The summed E-state index contributed by atoms with van der Waals surface area (Å²) in [4.78, 5) is 2.98. The highest BCUT2D eigenvalue weighted by Crippen LogP contribution is 2.39. The highest BCUT2D eigenvalue weighted by Gasteiger charge is 2.27. The number of nitrogens with one attached hydrogen (secondary N) is 2. The Kier molecular flexibility index (Phi) is 6.69. The van der Waals surface area contributed by atoms with Crippen LogP contribution in [0.15, 0.2) is 46.9 Å².